The van der Waals surface area contributed by atoms with E-state index >= 15 is 0 Å². The molecule has 48 heavy (non-hydrogen) atoms. The van der Waals surface area contributed by atoms with E-state index in [1.165, 1.54) is 25.9 Å². The largest absolute Gasteiger partial charge is 0.400 e. The molecule has 11 nitrogen and oxygen atoms in total. The summed E-state index contributed by atoms with van der Waals surface area (Å²) in [6.07, 6.45) is 7.28. The molecule has 1 aliphatic heterocycles. The minimum absolute atomic E-state index is 0.0491. The van der Waals surface area contributed by atoms with E-state index in [0.717, 1.165) is 79.4 Å². The molecular weight excluding hydrogens is 605 g/mol. The molecule has 0 bridgehead atoms. The van der Waals surface area contributed by atoms with Gasteiger partial charge in [-0.2, -0.15) is 0 Å². The van der Waals surface area contributed by atoms with Gasteiger partial charge in [0.15, 0.2) is 0 Å². The first-order chi connectivity index (χ1) is 23.2. The SMILES string of the molecule is C/C=C(\C)N.C=N.CB=O.CCCC.CO.N=Cc1c(N)ccc2nc(-c3ccc(C(=O)N4CCNCC4)cc3)c3c(c12)CCC(O)C3. The van der Waals surface area contributed by atoms with Gasteiger partial charge in [-0.3, -0.25) is 4.79 Å². The van der Waals surface area contributed by atoms with Crippen molar-refractivity contribution in [2.24, 2.45) is 5.73 Å². The van der Waals surface area contributed by atoms with Gasteiger partial charge >= 0.3 is 18.7 Å². The number of unbranched alkanes of at least 4 members (excludes halogenated alkanes) is 1. The average molecular weight is 662 g/mol. The standard InChI is InChI=1S/C25H27N5O2.C4H9N.C4H10.CH3BO.CH3N.CH4O/c26-14-20-21(27)7-8-22-23(20)18-6-5-17(31)13-19(18)24(29-22)15-1-3-16(4-2-15)25(32)30-11-9-28-10-12-30;1-3-4(2)5;1-3-4-2;1-2-3;2*1-2/h1-4,7-8,14,17,26,28,31H,5-6,9-13,27H2;3H,5H2,1-2H3;3-4H2,1-2H3;1H3;2H,1H2;2H,1H3/b;4-3+;;;;. The van der Waals surface area contributed by atoms with E-state index in [4.69, 9.17) is 37.1 Å². The fourth-order valence-corrected chi connectivity index (χ4v) is 4.88. The number of allylic oxidation sites excluding steroid dienone is 2. The van der Waals surface area contributed by atoms with Gasteiger partial charge in [-0.25, -0.2) is 4.98 Å². The topological polar surface area (TPSA) is 202 Å². The Labute approximate surface area is 287 Å². The van der Waals surface area contributed by atoms with Crippen molar-refractivity contribution in [3.05, 3.63) is 70.4 Å². The maximum absolute atomic E-state index is 12.8. The molecule has 1 fully saturated rings. The first kappa shape index (κ1) is 43.7. The first-order valence-electron chi connectivity index (χ1n) is 16.3. The third-order valence-corrected chi connectivity index (χ3v) is 7.52. The first-order valence-corrected chi connectivity index (χ1v) is 16.3. The van der Waals surface area contributed by atoms with Crippen LogP contribution in [0.1, 0.15) is 74.0 Å². The second-order valence-electron chi connectivity index (χ2n) is 10.8. The van der Waals surface area contributed by atoms with Crippen molar-refractivity contribution in [2.75, 3.05) is 39.0 Å². The average Bonchev–Trinajstić information content (AvgIpc) is 3.13. The Morgan fingerprint density at radius 1 is 1.10 bits per heavy atom. The van der Waals surface area contributed by atoms with Crippen LogP contribution in [-0.2, 0) is 17.5 Å². The van der Waals surface area contributed by atoms with E-state index in [-0.39, 0.29) is 5.91 Å². The number of carbonyl (C=O) groups excluding carboxylic acids is 1. The van der Waals surface area contributed by atoms with Crippen LogP contribution < -0.4 is 16.8 Å². The maximum atomic E-state index is 12.8. The van der Waals surface area contributed by atoms with Gasteiger partial charge in [-0.05, 0) is 68.8 Å². The van der Waals surface area contributed by atoms with Crippen molar-refractivity contribution in [3.8, 4) is 11.3 Å². The number of hydrogen-bond acceptors (Lipinski definition) is 10. The molecule has 5 rings (SSSR count). The van der Waals surface area contributed by atoms with Gasteiger partial charge in [0.2, 0.25) is 0 Å². The number of aryl methyl sites for hydroxylation is 1. The smallest absolute Gasteiger partial charge is 0.253 e. The van der Waals surface area contributed by atoms with Crippen LogP contribution in [0.4, 0.5) is 5.69 Å². The van der Waals surface area contributed by atoms with E-state index in [1.807, 2.05) is 55.2 Å². The number of anilines is 1. The third-order valence-electron chi connectivity index (χ3n) is 7.52. The van der Waals surface area contributed by atoms with Gasteiger partial charge in [-0.1, -0.05) is 44.9 Å². The number of piperazine rings is 1. The number of aliphatic hydroxyl groups excluding tert-OH is 2. The molecule has 1 unspecified atom stereocenters. The molecule has 2 heterocycles. The number of rotatable bonds is 4. The number of aliphatic hydroxyl groups is 2. The van der Waals surface area contributed by atoms with Crippen LogP contribution in [0, 0.1) is 10.8 Å². The number of nitrogens with two attached hydrogens (primary N) is 2. The quantitative estimate of drug-likeness (QED) is 0.115. The second-order valence-corrected chi connectivity index (χ2v) is 10.8. The van der Waals surface area contributed by atoms with Gasteiger partial charge < -0.3 is 42.7 Å². The predicted octanol–water partition coefficient (Wildman–Crippen LogP) is 5.01. The molecule has 0 radical (unpaired) electrons. The summed E-state index contributed by atoms with van der Waals surface area (Å²) in [5.74, 6) is 0.0491. The number of carbonyl (C=O) groups is 1. The fraction of sp³-hybridized carbons (Fsp3) is 0.444. The summed E-state index contributed by atoms with van der Waals surface area (Å²) < 4.78 is 8.81. The Bertz CT molecular complexity index is 1440. The van der Waals surface area contributed by atoms with Crippen LogP contribution in [-0.4, -0.2) is 85.5 Å². The number of nitrogens with zero attached hydrogens (tertiary/aromatic N) is 2. The molecule has 9 N–H and O–H groups in total. The van der Waals surface area contributed by atoms with Crippen LogP contribution in [0.5, 0.6) is 0 Å². The van der Waals surface area contributed by atoms with Crippen molar-refractivity contribution in [1.82, 2.24) is 15.2 Å². The third kappa shape index (κ3) is 13.1. The molecule has 1 aliphatic carbocycles. The Balaban J connectivity index is 0.00000117. The number of amides is 1. The summed E-state index contributed by atoms with van der Waals surface area (Å²) in [6, 6.07) is 11.3. The molecule has 0 spiro atoms. The number of fused-ring (bicyclic) bond motifs is 3. The maximum Gasteiger partial charge on any atom is 0.253 e. The van der Waals surface area contributed by atoms with E-state index < -0.39 is 6.10 Å². The van der Waals surface area contributed by atoms with Gasteiger partial charge in [0.1, 0.15) is 0 Å². The molecule has 1 aromatic heterocycles. The molecule has 1 amide bonds. The van der Waals surface area contributed by atoms with Gasteiger partial charge in [-0.15, -0.1) is 0 Å². The molecule has 3 aromatic rings. The van der Waals surface area contributed by atoms with E-state index in [9.17, 15) is 9.90 Å². The number of aromatic nitrogens is 1. The second kappa shape index (κ2) is 24.9. The van der Waals surface area contributed by atoms with Gasteiger partial charge in [0.25, 0.3) is 5.91 Å². The fourth-order valence-electron chi connectivity index (χ4n) is 4.88. The summed E-state index contributed by atoms with van der Waals surface area (Å²) in [4.78, 5) is 19.6. The predicted molar refractivity (Wildman–Crippen MR) is 201 cm³/mol. The zero-order chi connectivity index (χ0) is 36.6. The van der Waals surface area contributed by atoms with Crippen LogP contribution in [0.15, 0.2) is 48.2 Å². The van der Waals surface area contributed by atoms with Gasteiger partial charge in [0.05, 0.1) is 17.3 Å². The number of pyridine rings is 1. The van der Waals surface area contributed by atoms with Crippen LogP contribution >= 0.6 is 0 Å². The van der Waals surface area contributed by atoms with Crippen molar-refractivity contribution in [2.45, 2.75) is 72.7 Å². The molecule has 1 atom stereocenters. The normalized spacial score (nSPS) is 14.5. The minimum Gasteiger partial charge on any atom is -0.400 e. The molecule has 0 saturated carbocycles. The zero-order valence-electron chi connectivity index (χ0n) is 29.6. The van der Waals surface area contributed by atoms with Gasteiger partial charge in [0, 0.05) is 79.4 Å². The van der Waals surface area contributed by atoms with E-state index in [2.05, 4.69) is 25.9 Å². The van der Waals surface area contributed by atoms with E-state index in [1.54, 1.807) is 6.07 Å². The number of nitrogens with one attached hydrogen (secondary N) is 3. The summed E-state index contributed by atoms with van der Waals surface area (Å²) in [5, 5.41) is 34.9. The van der Waals surface area contributed by atoms with Crippen molar-refractivity contribution < 1.29 is 19.7 Å². The summed E-state index contributed by atoms with van der Waals surface area (Å²) >= 11 is 0. The van der Waals surface area contributed by atoms with Crippen molar-refractivity contribution in [1.29, 1.82) is 10.8 Å². The Kier molecular flexibility index (Phi) is 22.7. The summed E-state index contributed by atoms with van der Waals surface area (Å²) in [7, 11) is 1.75. The van der Waals surface area contributed by atoms with Crippen LogP contribution in [0.2, 0.25) is 6.82 Å². The monoisotopic (exact) mass is 661 g/mol. The molecule has 2 aromatic carbocycles. The Hall–Kier alpha value is -4.26. The van der Waals surface area contributed by atoms with E-state index in [0.29, 0.717) is 36.1 Å². The zero-order valence-corrected chi connectivity index (χ0v) is 29.6. The van der Waals surface area contributed by atoms with Crippen LogP contribution in [0.3, 0.4) is 0 Å². The number of nitrogen functional groups attached to an aromatic ring is 1. The molecule has 1 saturated heterocycles. The summed E-state index contributed by atoms with van der Waals surface area (Å²) in [5.41, 5.74) is 18.8. The number of benzene rings is 2. The van der Waals surface area contributed by atoms with Crippen molar-refractivity contribution >= 4 is 42.6 Å². The van der Waals surface area contributed by atoms with Crippen LogP contribution in [0.25, 0.3) is 22.2 Å². The molecule has 12 heteroatoms. The minimum atomic E-state index is -0.418. The molecule has 2 aliphatic rings. The molecular formula is C36H56BN7O4. The van der Waals surface area contributed by atoms with Crippen molar-refractivity contribution in [3.63, 3.8) is 0 Å². The Morgan fingerprint density at radius 3 is 2.12 bits per heavy atom. The molecule has 262 valence electrons. The Morgan fingerprint density at radius 2 is 1.65 bits per heavy atom. The number of hydrogen-bond donors (Lipinski definition) is 7. The summed E-state index contributed by atoms with van der Waals surface area (Å²) in [6.45, 7) is 15.2.